The number of H-pyrrole nitrogens is 1. The van der Waals surface area contributed by atoms with Gasteiger partial charge in [-0.15, -0.1) is 6.58 Å². The number of allylic oxidation sites excluding steroid dienone is 1. The van der Waals surface area contributed by atoms with Gasteiger partial charge in [0.05, 0.1) is 17.2 Å². The molecule has 30 heavy (non-hydrogen) atoms. The Bertz CT molecular complexity index is 1040. The van der Waals surface area contributed by atoms with Crippen molar-refractivity contribution in [3.05, 3.63) is 59.0 Å². The number of thiazole rings is 1. The molecule has 2 aromatic heterocycles. The normalized spacial score (nSPS) is 10.8. The molecule has 158 valence electrons. The largest absolute Gasteiger partial charge is 0.381 e. The number of aromatic amines is 1. The van der Waals surface area contributed by atoms with E-state index in [1.54, 1.807) is 6.08 Å². The maximum absolute atomic E-state index is 12.2. The summed E-state index contributed by atoms with van der Waals surface area (Å²) in [5.74, 6) is 0.620. The molecule has 0 unspecified atom stereocenters. The quantitative estimate of drug-likeness (QED) is 0.258. The zero-order valence-electron chi connectivity index (χ0n) is 16.9. The topological polar surface area (TPSA) is 84.8 Å². The molecule has 0 radical (unpaired) electrons. The number of hydrogen-bond donors (Lipinski definition) is 2. The van der Waals surface area contributed by atoms with Crippen LogP contribution in [0.3, 0.4) is 0 Å². The van der Waals surface area contributed by atoms with Crippen LogP contribution in [-0.4, -0.2) is 38.9 Å². The summed E-state index contributed by atoms with van der Waals surface area (Å²) in [4.78, 5) is 17.6. The van der Waals surface area contributed by atoms with Gasteiger partial charge in [0, 0.05) is 19.6 Å². The zero-order valence-corrected chi connectivity index (χ0v) is 18.5. The average Bonchev–Trinajstić information content (AvgIpc) is 3.27. The lowest BCUT2D eigenvalue weighted by Gasteiger charge is -2.05. The fourth-order valence-corrected chi connectivity index (χ4v) is 4.09. The Labute approximate surface area is 184 Å². The van der Waals surface area contributed by atoms with Crippen molar-refractivity contribution in [3.8, 4) is 10.7 Å². The molecular weight excluding hydrogens is 418 g/mol. The van der Waals surface area contributed by atoms with Crippen molar-refractivity contribution in [1.29, 1.82) is 0 Å². The van der Waals surface area contributed by atoms with E-state index in [4.69, 9.17) is 17.0 Å². The number of amides is 1. The first-order chi connectivity index (χ1) is 14.6. The number of carbonyl (C=O) groups excluding carboxylic acids is 1. The molecule has 1 aromatic carbocycles. The van der Waals surface area contributed by atoms with E-state index in [-0.39, 0.29) is 5.91 Å². The third-order valence-corrected chi connectivity index (χ3v) is 5.77. The van der Waals surface area contributed by atoms with Gasteiger partial charge in [-0.25, -0.2) is 4.98 Å². The predicted molar refractivity (Wildman–Crippen MR) is 122 cm³/mol. The zero-order chi connectivity index (χ0) is 21.3. The Balaban J connectivity index is 1.45. The van der Waals surface area contributed by atoms with Crippen LogP contribution in [0.1, 0.15) is 24.1 Å². The third-order valence-electron chi connectivity index (χ3n) is 4.39. The van der Waals surface area contributed by atoms with Crippen LogP contribution in [0.5, 0.6) is 0 Å². The number of anilines is 1. The fraction of sp³-hybridized carbons (Fsp3) is 0.333. The second-order valence-corrected chi connectivity index (χ2v) is 8.07. The number of carbonyl (C=O) groups is 1. The van der Waals surface area contributed by atoms with E-state index in [9.17, 15) is 4.79 Å². The first-order valence-corrected chi connectivity index (χ1v) is 11.0. The van der Waals surface area contributed by atoms with E-state index >= 15 is 0 Å². The number of nitrogens with one attached hydrogen (secondary N) is 2. The number of benzene rings is 1. The van der Waals surface area contributed by atoms with Gasteiger partial charge in [-0.3, -0.25) is 14.5 Å². The summed E-state index contributed by atoms with van der Waals surface area (Å²) in [6.07, 6.45) is 3.68. The number of rotatable bonds is 11. The van der Waals surface area contributed by atoms with Gasteiger partial charge in [0.15, 0.2) is 15.7 Å². The molecule has 0 saturated carbocycles. The molecule has 0 saturated heterocycles. The highest BCUT2D eigenvalue weighted by Gasteiger charge is 2.17. The maximum Gasteiger partial charge on any atom is 0.226 e. The molecule has 0 aliphatic heterocycles. The molecule has 2 heterocycles. The second kappa shape index (κ2) is 11.0. The van der Waals surface area contributed by atoms with Crippen molar-refractivity contribution in [2.45, 2.75) is 32.7 Å². The molecule has 3 rings (SSSR count). The van der Waals surface area contributed by atoms with Crippen molar-refractivity contribution in [1.82, 2.24) is 19.7 Å². The van der Waals surface area contributed by atoms with Crippen molar-refractivity contribution in [2.24, 2.45) is 0 Å². The van der Waals surface area contributed by atoms with Crippen LogP contribution in [0.4, 0.5) is 5.13 Å². The van der Waals surface area contributed by atoms with E-state index in [2.05, 4.69) is 39.2 Å². The van der Waals surface area contributed by atoms with E-state index in [0.717, 1.165) is 17.0 Å². The van der Waals surface area contributed by atoms with Gasteiger partial charge in [0.25, 0.3) is 0 Å². The van der Waals surface area contributed by atoms with E-state index < -0.39 is 0 Å². The van der Waals surface area contributed by atoms with Gasteiger partial charge in [-0.1, -0.05) is 47.7 Å². The smallest absolute Gasteiger partial charge is 0.226 e. The van der Waals surface area contributed by atoms with Crippen LogP contribution in [0.25, 0.3) is 10.7 Å². The molecule has 7 nitrogen and oxygen atoms in total. The fourth-order valence-electron chi connectivity index (χ4n) is 2.90. The Morgan fingerprint density at radius 3 is 2.93 bits per heavy atom. The Morgan fingerprint density at radius 1 is 1.37 bits per heavy atom. The summed E-state index contributed by atoms with van der Waals surface area (Å²) in [5, 5.41) is 10.5. The number of ether oxygens (including phenoxy) is 1. The summed E-state index contributed by atoms with van der Waals surface area (Å²) in [5.41, 5.74) is 2.04. The Kier molecular flexibility index (Phi) is 8.06. The van der Waals surface area contributed by atoms with Crippen LogP contribution in [0.2, 0.25) is 0 Å². The summed E-state index contributed by atoms with van der Waals surface area (Å²) in [7, 11) is 0. The summed E-state index contributed by atoms with van der Waals surface area (Å²) < 4.78 is 8.00. The predicted octanol–water partition coefficient (Wildman–Crippen LogP) is 4.54. The molecule has 1 amide bonds. The van der Waals surface area contributed by atoms with Gasteiger partial charge in [-0.05, 0) is 37.5 Å². The molecule has 3 aromatic rings. The molecule has 0 aliphatic rings. The summed E-state index contributed by atoms with van der Waals surface area (Å²) >= 11 is 6.64. The monoisotopic (exact) mass is 443 g/mol. The SMILES string of the molecule is C=CCn1c(-c2sc(NC(=O)CCCOCCc3ccccc3)nc2C)n[nH]c1=S. The van der Waals surface area contributed by atoms with Crippen molar-refractivity contribution >= 4 is 34.6 Å². The van der Waals surface area contributed by atoms with Crippen molar-refractivity contribution in [2.75, 3.05) is 18.5 Å². The highest BCUT2D eigenvalue weighted by Crippen LogP contribution is 2.31. The highest BCUT2D eigenvalue weighted by atomic mass is 32.1. The lowest BCUT2D eigenvalue weighted by molar-refractivity contribution is -0.116. The number of nitrogens with zero attached hydrogens (tertiary/aromatic N) is 3. The average molecular weight is 444 g/mol. The molecule has 0 aliphatic carbocycles. The number of hydrogen-bond acceptors (Lipinski definition) is 6. The van der Waals surface area contributed by atoms with Crippen LogP contribution in [0.15, 0.2) is 43.0 Å². The van der Waals surface area contributed by atoms with E-state index in [1.807, 2.05) is 29.7 Å². The van der Waals surface area contributed by atoms with Gasteiger partial charge in [-0.2, -0.15) is 5.10 Å². The second-order valence-electron chi connectivity index (χ2n) is 6.68. The van der Waals surface area contributed by atoms with Crippen molar-refractivity contribution < 1.29 is 9.53 Å². The minimum Gasteiger partial charge on any atom is -0.381 e. The molecule has 0 bridgehead atoms. The van der Waals surface area contributed by atoms with Gasteiger partial charge in [0.1, 0.15) is 0 Å². The van der Waals surface area contributed by atoms with Gasteiger partial charge >= 0.3 is 0 Å². The molecular formula is C21H25N5O2S2. The Morgan fingerprint density at radius 2 is 2.17 bits per heavy atom. The third kappa shape index (κ3) is 5.94. The lowest BCUT2D eigenvalue weighted by Crippen LogP contribution is -2.12. The van der Waals surface area contributed by atoms with Crippen LogP contribution < -0.4 is 5.32 Å². The molecule has 0 atom stereocenters. The lowest BCUT2D eigenvalue weighted by atomic mass is 10.2. The first-order valence-electron chi connectivity index (χ1n) is 9.74. The van der Waals surface area contributed by atoms with Crippen molar-refractivity contribution in [3.63, 3.8) is 0 Å². The highest BCUT2D eigenvalue weighted by molar-refractivity contribution is 7.71. The van der Waals surface area contributed by atoms with Gasteiger partial charge in [0.2, 0.25) is 5.91 Å². The molecule has 9 heteroatoms. The van der Waals surface area contributed by atoms with Gasteiger partial charge < -0.3 is 10.1 Å². The van der Waals surface area contributed by atoms with Crippen LogP contribution in [0, 0.1) is 11.7 Å². The van der Waals surface area contributed by atoms with Crippen LogP contribution in [-0.2, 0) is 22.5 Å². The number of aromatic nitrogens is 4. The van der Waals surface area contributed by atoms with Crippen LogP contribution >= 0.6 is 23.6 Å². The van der Waals surface area contributed by atoms with E-state index in [1.165, 1.54) is 16.9 Å². The minimum absolute atomic E-state index is 0.0769. The first kappa shape index (κ1) is 22.1. The summed E-state index contributed by atoms with van der Waals surface area (Å²) in [6.45, 7) is 7.40. The minimum atomic E-state index is -0.0769. The van der Waals surface area contributed by atoms with E-state index in [0.29, 0.717) is 48.3 Å². The molecule has 0 fully saturated rings. The Hall–Kier alpha value is -2.62. The molecule has 0 spiro atoms. The summed E-state index contributed by atoms with van der Waals surface area (Å²) in [6, 6.07) is 10.2. The maximum atomic E-state index is 12.2. The molecule has 2 N–H and O–H groups in total. The standard InChI is InChI=1S/C21H25N5O2S2/c1-3-12-26-19(24-25-21(26)29)18-15(2)22-20(30-18)23-17(27)10-7-13-28-14-11-16-8-5-4-6-9-16/h3-6,8-9H,1,7,10-14H2,2H3,(H,25,29)(H,22,23,27). The number of aryl methyl sites for hydroxylation is 1.